The highest BCUT2D eigenvalue weighted by molar-refractivity contribution is 7.17. The fourth-order valence-electron chi connectivity index (χ4n) is 2.36. The van der Waals surface area contributed by atoms with Crippen LogP contribution in [-0.2, 0) is 6.54 Å². The SMILES string of the molecule is Cc1nc(N(C)c2ccccc2)sc1C(=O)NCc1ccc(F)cc1. The molecule has 0 unspecified atom stereocenters. The number of hydrogen-bond acceptors (Lipinski definition) is 4. The molecule has 0 fully saturated rings. The van der Waals surface area contributed by atoms with Gasteiger partial charge in [-0.05, 0) is 36.8 Å². The maximum absolute atomic E-state index is 12.9. The molecule has 6 heteroatoms. The van der Waals surface area contributed by atoms with E-state index in [0.717, 1.165) is 16.4 Å². The van der Waals surface area contributed by atoms with E-state index in [4.69, 9.17) is 0 Å². The molecule has 1 N–H and O–H groups in total. The molecule has 0 bridgehead atoms. The van der Waals surface area contributed by atoms with Crippen LogP contribution in [-0.4, -0.2) is 17.9 Å². The summed E-state index contributed by atoms with van der Waals surface area (Å²) < 4.78 is 12.9. The van der Waals surface area contributed by atoms with Crippen molar-refractivity contribution in [1.82, 2.24) is 10.3 Å². The predicted molar refractivity (Wildman–Crippen MR) is 98.9 cm³/mol. The lowest BCUT2D eigenvalue weighted by atomic mass is 10.2. The molecule has 3 rings (SSSR count). The molecule has 1 amide bonds. The highest BCUT2D eigenvalue weighted by atomic mass is 32.1. The van der Waals surface area contributed by atoms with E-state index < -0.39 is 0 Å². The van der Waals surface area contributed by atoms with Gasteiger partial charge in [-0.3, -0.25) is 4.79 Å². The first-order valence-electron chi connectivity index (χ1n) is 7.83. The summed E-state index contributed by atoms with van der Waals surface area (Å²) in [6, 6.07) is 15.9. The highest BCUT2D eigenvalue weighted by Gasteiger charge is 2.17. The average Bonchev–Trinajstić information content (AvgIpc) is 3.03. The molecular formula is C19H18FN3OS. The van der Waals surface area contributed by atoms with Crippen LogP contribution in [0.5, 0.6) is 0 Å². The topological polar surface area (TPSA) is 45.2 Å². The van der Waals surface area contributed by atoms with Crippen molar-refractivity contribution in [2.75, 3.05) is 11.9 Å². The van der Waals surface area contributed by atoms with E-state index in [-0.39, 0.29) is 11.7 Å². The monoisotopic (exact) mass is 355 g/mol. The smallest absolute Gasteiger partial charge is 0.263 e. The Hall–Kier alpha value is -2.73. The minimum absolute atomic E-state index is 0.174. The van der Waals surface area contributed by atoms with Gasteiger partial charge in [0.1, 0.15) is 10.7 Å². The van der Waals surface area contributed by atoms with Gasteiger partial charge in [-0.25, -0.2) is 9.37 Å². The largest absolute Gasteiger partial charge is 0.347 e. The highest BCUT2D eigenvalue weighted by Crippen LogP contribution is 2.30. The Labute approximate surface area is 150 Å². The second-order valence-corrected chi connectivity index (χ2v) is 6.59. The number of anilines is 2. The first-order valence-corrected chi connectivity index (χ1v) is 8.65. The number of aromatic nitrogens is 1. The van der Waals surface area contributed by atoms with Gasteiger partial charge in [0.25, 0.3) is 5.91 Å². The van der Waals surface area contributed by atoms with Crippen molar-refractivity contribution < 1.29 is 9.18 Å². The average molecular weight is 355 g/mol. The maximum atomic E-state index is 12.9. The van der Waals surface area contributed by atoms with Gasteiger partial charge in [0, 0.05) is 19.3 Å². The lowest BCUT2D eigenvalue weighted by Crippen LogP contribution is -2.22. The lowest BCUT2D eigenvalue weighted by Gasteiger charge is -2.15. The number of para-hydroxylation sites is 1. The fourth-order valence-corrected chi connectivity index (χ4v) is 3.33. The summed E-state index contributed by atoms with van der Waals surface area (Å²) in [6.45, 7) is 2.17. The maximum Gasteiger partial charge on any atom is 0.263 e. The van der Waals surface area contributed by atoms with E-state index in [1.807, 2.05) is 49.2 Å². The molecule has 0 aliphatic carbocycles. The molecule has 0 atom stereocenters. The molecule has 0 saturated heterocycles. The van der Waals surface area contributed by atoms with Crippen molar-refractivity contribution in [1.29, 1.82) is 0 Å². The van der Waals surface area contributed by atoms with Gasteiger partial charge in [-0.1, -0.05) is 41.7 Å². The quantitative estimate of drug-likeness (QED) is 0.743. The van der Waals surface area contributed by atoms with Crippen LogP contribution in [0.2, 0.25) is 0 Å². The molecular weight excluding hydrogens is 337 g/mol. The predicted octanol–water partition coefficient (Wildman–Crippen LogP) is 4.29. The molecule has 2 aromatic carbocycles. The molecule has 0 saturated carbocycles. The second-order valence-electron chi connectivity index (χ2n) is 5.61. The van der Waals surface area contributed by atoms with Gasteiger partial charge in [-0.2, -0.15) is 0 Å². The number of benzene rings is 2. The Morgan fingerprint density at radius 1 is 1.16 bits per heavy atom. The van der Waals surface area contributed by atoms with Crippen LogP contribution in [0, 0.1) is 12.7 Å². The fraction of sp³-hybridized carbons (Fsp3) is 0.158. The van der Waals surface area contributed by atoms with E-state index in [1.165, 1.54) is 23.5 Å². The first kappa shape index (κ1) is 17.1. The van der Waals surface area contributed by atoms with Crippen LogP contribution >= 0.6 is 11.3 Å². The number of carbonyl (C=O) groups is 1. The summed E-state index contributed by atoms with van der Waals surface area (Å²) in [7, 11) is 1.92. The number of hydrogen-bond donors (Lipinski definition) is 1. The summed E-state index contributed by atoms with van der Waals surface area (Å²) in [5.41, 5.74) is 2.55. The number of rotatable bonds is 5. The zero-order chi connectivity index (χ0) is 17.8. The Morgan fingerprint density at radius 2 is 1.84 bits per heavy atom. The minimum Gasteiger partial charge on any atom is -0.347 e. The van der Waals surface area contributed by atoms with E-state index in [1.54, 1.807) is 12.1 Å². The summed E-state index contributed by atoms with van der Waals surface area (Å²) in [5, 5.41) is 3.62. The van der Waals surface area contributed by atoms with Crippen LogP contribution in [0.15, 0.2) is 54.6 Å². The minimum atomic E-state index is -0.290. The lowest BCUT2D eigenvalue weighted by molar-refractivity contribution is 0.0954. The van der Waals surface area contributed by atoms with E-state index >= 15 is 0 Å². The van der Waals surface area contributed by atoms with E-state index in [9.17, 15) is 9.18 Å². The molecule has 0 aliphatic heterocycles. The summed E-state index contributed by atoms with van der Waals surface area (Å²) in [4.78, 5) is 19.5. The van der Waals surface area contributed by atoms with Gasteiger partial charge in [0.15, 0.2) is 5.13 Å². The van der Waals surface area contributed by atoms with Crippen molar-refractivity contribution in [3.63, 3.8) is 0 Å². The normalized spacial score (nSPS) is 10.5. The Bertz CT molecular complexity index is 862. The van der Waals surface area contributed by atoms with Crippen molar-refractivity contribution in [3.05, 3.63) is 76.5 Å². The number of nitrogens with one attached hydrogen (secondary N) is 1. The zero-order valence-corrected chi connectivity index (χ0v) is 14.8. The Morgan fingerprint density at radius 3 is 2.52 bits per heavy atom. The van der Waals surface area contributed by atoms with Gasteiger partial charge in [0.05, 0.1) is 5.69 Å². The van der Waals surface area contributed by atoms with Gasteiger partial charge in [0.2, 0.25) is 0 Å². The third-order valence-corrected chi connectivity index (χ3v) is 5.02. The van der Waals surface area contributed by atoms with Gasteiger partial charge in [-0.15, -0.1) is 0 Å². The number of halogens is 1. The number of amides is 1. The number of thiazole rings is 1. The Kier molecular flexibility index (Phi) is 5.09. The summed E-state index contributed by atoms with van der Waals surface area (Å²) >= 11 is 1.35. The van der Waals surface area contributed by atoms with Crippen molar-refractivity contribution >= 4 is 28.1 Å². The molecule has 1 aromatic heterocycles. The van der Waals surface area contributed by atoms with Crippen molar-refractivity contribution in [3.8, 4) is 0 Å². The first-order chi connectivity index (χ1) is 12.0. The van der Waals surface area contributed by atoms with Gasteiger partial charge >= 0.3 is 0 Å². The standard InChI is InChI=1S/C19H18FN3OS/c1-13-17(18(24)21-12-14-8-10-15(20)11-9-14)25-19(22-13)23(2)16-6-4-3-5-7-16/h3-11H,12H2,1-2H3,(H,21,24). The number of carbonyl (C=O) groups excluding carboxylic acids is 1. The van der Waals surface area contributed by atoms with E-state index in [0.29, 0.717) is 17.1 Å². The molecule has 1 heterocycles. The summed E-state index contributed by atoms with van der Waals surface area (Å²) in [5.74, 6) is -0.464. The molecule has 0 spiro atoms. The second kappa shape index (κ2) is 7.44. The third kappa shape index (κ3) is 4.03. The molecule has 0 aliphatic rings. The summed E-state index contributed by atoms with van der Waals surface area (Å²) in [6.07, 6.45) is 0. The molecule has 3 aromatic rings. The van der Waals surface area contributed by atoms with Crippen LogP contribution in [0.25, 0.3) is 0 Å². The van der Waals surface area contributed by atoms with Crippen molar-refractivity contribution in [2.45, 2.75) is 13.5 Å². The molecule has 4 nitrogen and oxygen atoms in total. The van der Waals surface area contributed by atoms with Crippen LogP contribution in [0.1, 0.15) is 20.9 Å². The zero-order valence-electron chi connectivity index (χ0n) is 14.0. The Balaban J connectivity index is 1.71. The van der Waals surface area contributed by atoms with E-state index in [2.05, 4.69) is 10.3 Å². The van der Waals surface area contributed by atoms with Crippen LogP contribution in [0.4, 0.5) is 15.2 Å². The molecule has 25 heavy (non-hydrogen) atoms. The number of nitrogens with zero attached hydrogens (tertiary/aromatic N) is 2. The van der Waals surface area contributed by atoms with Crippen LogP contribution in [0.3, 0.4) is 0 Å². The number of aryl methyl sites for hydroxylation is 1. The molecule has 0 radical (unpaired) electrons. The van der Waals surface area contributed by atoms with Crippen molar-refractivity contribution in [2.24, 2.45) is 0 Å². The van der Waals surface area contributed by atoms with Gasteiger partial charge < -0.3 is 10.2 Å². The third-order valence-electron chi connectivity index (χ3n) is 3.79. The van der Waals surface area contributed by atoms with Crippen LogP contribution < -0.4 is 10.2 Å². The molecule has 128 valence electrons.